The number of hydrogen-bond donors (Lipinski definition) is 1. The average molecular weight is 178 g/mol. The molecule has 2 rings (SSSR count). The fraction of sp³-hybridized carbons (Fsp3) is 0.600. The third-order valence-electron chi connectivity index (χ3n) is 2.84. The lowest BCUT2D eigenvalue weighted by atomic mass is 10.0. The summed E-state index contributed by atoms with van der Waals surface area (Å²) in [4.78, 5) is 0. The summed E-state index contributed by atoms with van der Waals surface area (Å²) < 4.78 is 0. The van der Waals surface area contributed by atoms with Crippen LogP contribution in [0.1, 0.15) is 30.3 Å². The van der Waals surface area contributed by atoms with E-state index in [1.165, 1.54) is 0 Å². The Kier molecular flexibility index (Phi) is 1.67. The van der Waals surface area contributed by atoms with Crippen molar-refractivity contribution in [1.82, 2.24) is 10.2 Å². The molecule has 3 nitrogen and oxygen atoms in total. The summed E-state index contributed by atoms with van der Waals surface area (Å²) in [6.45, 7) is 5.84. The van der Waals surface area contributed by atoms with Gasteiger partial charge in [-0.05, 0) is 32.3 Å². The zero-order valence-corrected chi connectivity index (χ0v) is 8.20. The van der Waals surface area contributed by atoms with Crippen molar-refractivity contribution in [1.29, 1.82) is 0 Å². The van der Waals surface area contributed by atoms with Crippen LogP contribution in [-0.2, 0) is 5.60 Å². The second-order valence-corrected chi connectivity index (χ2v) is 4.01. The lowest BCUT2D eigenvalue weighted by Crippen LogP contribution is -2.12. The van der Waals surface area contributed by atoms with Crippen LogP contribution in [0.5, 0.6) is 0 Å². The van der Waals surface area contributed by atoms with Crippen LogP contribution in [0.25, 0.3) is 0 Å². The summed E-state index contributed by atoms with van der Waals surface area (Å²) in [5, 5.41) is 18.1. The van der Waals surface area contributed by atoms with E-state index < -0.39 is 5.60 Å². The van der Waals surface area contributed by atoms with E-state index in [1.54, 1.807) is 0 Å². The fourth-order valence-corrected chi connectivity index (χ4v) is 1.77. The SMILES string of the molecule is Cc1cc(C2(O)CC2C)c(C)nn1. The molecule has 0 aliphatic heterocycles. The molecule has 0 bridgehead atoms. The van der Waals surface area contributed by atoms with Crippen LogP contribution in [-0.4, -0.2) is 15.3 Å². The monoisotopic (exact) mass is 178 g/mol. The van der Waals surface area contributed by atoms with Gasteiger partial charge in [-0.1, -0.05) is 6.92 Å². The van der Waals surface area contributed by atoms with Crippen molar-refractivity contribution in [3.63, 3.8) is 0 Å². The van der Waals surface area contributed by atoms with E-state index in [0.29, 0.717) is 5.92 Å². The molecule has 3 heteroatoms. The molecular formula is C10H14N2O. The van der Waals surface area contributed by atoms with E-state index in [4.69, 9.17) is 0 Å². The Hall–Kier alpha value is -0.960. The van der Waals surface area contributed by atoms with Crippen molar-refractivity contribution >= 4 is 0 Å². The lowest BCUT2D eigenvalue weighted by Gasteiger charge is -2.11. The Morgan fingerprint density at radius 1 is 1.46 bits per heavy atom. The minimum absolute atomic E-state index is 0.356. The van der Waals surface area contributed by atoms with Crippen LogP contribution in [0.15, 0.2) is 6.07 Å². The van der Waals surface area contributed by atoms with Crippen LogP contribution in [0.2, 0.25) is 0 Å². The maximum absolute atomic E-state index is 10.1. The van der Waals surface area contributed by atoms with Gasteiger partial charge >= 0.3 is 0 Å². The molecule has 1 aliphatic rings. The summed E-state index contributed by atoms with van der Waals surface area (Å²) in [5.74, 6) is 0.356. The minimum Gasteiger partial charge on any atom is -0.385 e. The molecule has 0 spiro atoms. The van der Waals surface area contributed by atoms with E-state index in [2.05, 4.69) is 17.1 Å². The van der Waals surface area contributed by atoms with Gasteiger partial charge in [-0.3, -0.25) is 0 Å². The summed E-state index contributed by atoms with van der Waals surface area (Å²) in [6.07, 6.45) is 0.846. The smallest absolute Gasteiger partial charge is 0.0945 e. The molecule has 0 amide bonds. The van der Waals surface area contributed by atoms with E-state index in [9.17, 15) is 5.11 Å². The zero-order valence-electron chi connectivity index (χ0n) is 8.20. The van der Waals surface area contributed by atoms with Gasteiger partial charge in [0.25, 0.3) is 0 Å². The van der Waals surface area contributed by atoms with Gasteiger partial charge in [0.15, 0.2) is 0 Å². The van der Waals surface area contributed by atoms with Gasteiger partial charge in [0.05, 0.1) is 17.0 Å². The van der Waals surface area contributed by atoms with Crippen LogP contribution < -0.4 is 0 Å². The molecule has 2 unspecified atom stereocenters. The van der Waals surface area contributed by atoms with Crippen LogP contribution in [0, 0.1) is 19.8 Å². The Labute approximate surface area is 77.8 Å². The molecule has 13 heavy (non-hydrogen) atoms. The highest BCUT2D eigenvalue weighted by molar-refractivity contribution is 5.32. The maximum Gasteiger partial charge on any atom is 0.0945 e. The number of aliphatic hydroxyl groups is 1. The second kappa shape index (κ2) is 2.51. The number of aromatic nitrogens is 2. The van der Waals surface area contributed by atoms with Gasteiger partial charge < -0.3 is 5.11 Å². The number of aryl methyl sites for hydroxylation is 2. The van der Waals surface area contributed by atoms with Crippen molar-refractivity contribution < 1.29 is 5.11 Å². The Morgan fingerprint density at radius 2 is 2.08 bits per heavy atom. The fourth-order valence-electron chi connectivity index (χ4n) is 1.77. The first-order valence-electron chi connectivity index (χ1n) is 4.58. The lowest BCUT2D eigenvalue weighted by molar-refractivity contribution is 0.133. The second-order valence-electron chi connectivity index (χ2n) is 4.01. The van der Waals surface area contributed by atoms with Crippen molar-refractivity contribution in [2.75, 3.05) is 0 Å². The van der Waals surface area contributed by atoms with Crippen molar-refractivity contribution in [3.8, 4) is 0 Å². The molecule has 70 valence electrons. The minimum atomic E-state index is -0.620. The summed E-state index contributed by atoms with van der Waals surface area (Å²) in [6, 6.07) is 1.94. The molecule has 2 atom stereocenters. The molecule has 1 aromatic heterocycles. The van der Waals surface area contributed by atoms with E-state index in [-0.39, 0.29) is 0 Å². The van der Waals surface area contributed by atoms with Gasteiger partial charge in [-0.25, -0.2) is 0 Å². The standard InChI is InChI=1S/C10H14N2O/c1-6-5-10(6,13)9-4-7(2)11-12-8(9)3/h4,6,13H,5H2,1-3H3. The molecule has 1 N–H and O–H groups in total. The molecule has 1 heterocycles. The topological polar surface area (TPSA) is 46.0 Å². The van der Waals surface area contributed by atoms with Gasteiger partial charge in [0, 0.05) is 5.56 Å². The predicted octanol–water partition coefficient (Wildman–Crippen LogP) is 1.32. The summed E-state index contributed by atoms with van der Waals surface area (Å²) >= 11 is 0. The number of nitrogens with zero attached hydrogens (tertiary/aromatic N) is 2. The van der Waals surface area contributed by atoms with Crippen molar-refractivity contribution in [3.05, 3.63) is 23.0 Å². The van der Waals surface area contributed by atoms with Crippen molar-refractivity contribution in [2.24, 2.45) is 5.92 Å². The van der Waals surface area contributed by atoms with Gasteiger partial charge in [0.2, 0.25) is 0 Å². The normalized spacial score (nSPS) is 31.8. The molecule has 0 radical (unpaired) electrons. The van der Waals surface area contributed by atoms with E-state index in [1.807, 2.05) is 19.9 Å². The maximum atomic E-state index is 10.1. The van der Waals surface area contributed by atoms with Crippen molar-refractivity contribution in [2.45, 2.75) is 32.8 Å². The quantitative estimate of drug-likeness (QED) is 0.705. The number of rotatable bonds is 1. The molecule has 1 saturated carbocycles. The highest BCUT2D eigenvalue weighted by Crippen LogP contribution is 2.52. The highest BCUT2D eigenvalue weighted by Gasteiger charge is 2.52. The van der Waals surface area contributed by atoms with E-state index >= 15 is 0 Å². The van der Waals surface area contributed by atoms with Crippen LogP contribution >= 0.6 is 0 Å². The zero-order chi connectivity index (χ0) is 9.64. The summed E-state index contributed by atoms with van der Waals surface area (Å²) in [7, 11) is 0. The highest BCUT2D eigenvalue weighted by atomic mass is 16.3. The molecule has 1 aliphatic carbocycles. The molecule has 0 aromatic carbocycles. The first-order valence-corrected chi connectivity index (χ1v) is 4.58. The molecule has 1 aromatic rings. The first-order chi connectivity index (χ1) is 6.04. The van der Waals surface area contributed by atoms with Crippen LogP contribution in [0.4, 0.5) is 0 Å². The Bertz CT molecular complexity index is 351. The Balaban J connectivity index is 2.46. The van der Waals surface area contributed by atoms with Gasteiger partial charge in [0.1, 0.15) is 0 Å². The van der Waals surface area contributed by atoms with E-state index in [0.717, 1.165) is 23.4 Å². The first kappa shape index (κ1) is 8.63. The Morgan fingerprint density at radius 3 is 2.62 bits per heavy atom. The largest absolute Gasteiger partial charge is 0.385 e. The third-order valence-corrected chi connectivity index (χ3v) is 2.84. The molecule has 0 saturated heterocycles. The number of hydrogen-bond acceptors (Lipinski definition) is 3. The average Bonchev–Trinajstić information content (AvgIpc) is 2.66. The summed E-state index contributed by atoms with van der Waals surface area (Å²) in [5.41, 5.74) is 2.04. The van der Waals surface area contributed by atoms with Crippen LogP contribution in [0.3, 0.4) is 0 Å². The predicted molar refractivity (Wildman–Crippen MR) is 49.2 cm³/mol. The molecule has 1 fully saturated rings. The third kappa shape index (κ3) is 1.23. The van der Waals surface area contributed by atoms with Gasteiger partial charge in [-0.2, -0.15) is 10.2 Å². The molecular weight excluding hydrogens is 164 g/mol. The van der Waals surface area contributed by atoms with Gasteiger partial charge in [-0.15, -0.1) is 0 Å².